The van der Waals surface area contributed by atoms with Gasteiger partial charge in [0.2, 0.25) is 27.7 Å². The molecule has 45 heavy (non-hydrogen) atoms. The van der Waals surface area contributed by atoms with E-state index in [0.29, 0.717) is 53.5 Å². The third-order valence-corrected chi connectivity index (χ3v) is 11.4. The number of hydrogen-bond donors (Lipinski definition) is 2. The van der Waals surface area contributed by atoms with Gasteiger partial charge in [-0.3, -0.25) is 19.1 Å². The molecule has 242 valence electrons. The molecule has 1 aromatic heterocycles. The minimum absolute atomic E-state index is 0.159. The van der Waals surface area contributed by atoms with Crippen LogP contribution in [0.2, 0.25) is 5.02 Å². The summed E-state index contributed by atoms with van der Waals surface area (Å²) in [7, 11) is -2.07. The third-order valence-electron chi connectivity index (χ3n) is 9.31. The van der Waals surface area contributed by atoms with Gasteiger partial charge in [0.25, 0.3) is 5.91 Å². The van der Waals surface area contributed by atoms with Crippen molar-refractivity contribution in [1.82, 2.24) is 19.9 Å². The van der Waals surface area contributed by atoms with E-state index in [-0.39, 0.29) is 31.1 Å². The lowest BCUT2D eigenvalue weighted by Gasteiger charge is -2.26. The van der Waals surface area contributed by atoms with Gasteiger partial charge < -0.3 is 19.7 Å². The molecule has 13 heteroatoms. The maximum absolute atomic E-state index is 14.0. The zero-order chi connectivity index (χ0) is 31.9. The molecule has 3 saturated carbocycles. The quantitative estimate of drug-likeness (QED) is 0.428. The van der Waals surface area contributed by atoms with Gasteiger partial charge in [0.1, 0.15) is 17.4 Å². The van der Waals surface area contributed by atoms with Gasteiger partial charge >= 0.3 is 0 Å². The van der Waals surface area contributed by atoms with E-state index in [1.54, 1.807) is 30.1 Å². The molecule has 3 amide bonds. The van der Waals surface area contributed by atoms with Crippen LogP contribution < -0.4 is 19.5 Å². The fraction of sp³-hybridized carbons (Fsp3) is 0.562. The Morgan fingerprint density at radius 3 is 2.73 bits per heavy atom. The van der Waals surface area contributed by atoms with Crippen molar-refractivity contribution in [2.75, 3.05) is 20.2 Å². The van der Waals surface area contributed by atoms with Crippen LogP contribution in [0.25, 0.3) is 10.9 Å². The molecule has 3 aliphatic carbocycles. The van der Waals surface area contributed by atoms with Gasteiger partial charge in [-0.2, -0.15) is 0 Å². The first-order valence-corrected chi connectivity index (χ1v) is 17.6. The van der Waals surface area contributed by atoms with Crippen LogP contribution in [-0.2, 0) is 24.4 Å². The highest BCUT2D eigenvalue weighted by Crippen LogP contribution is 2.47. The van der Waals surface area contributed by atoms with Crippen molar-refractivity contribution in [2.45, 2.75) is 75.2 Å². The number of carbonyl (C=O) groups is 3. The summed E-state index contributed by atoms with van der Waals surface area (Å²) >= 11 is 6.45. The lowest BCUT2D eigenvalue weighted by Crippen LogP contribution is -2.54. The Bertz CT molecular complexity index is 1650. The third kappa shape index (κ3) is 6.49. The van der Waals surface area contributed by atoms with Gasteiger partial charge in [-0.05, 0) is 70.4 Å². The number of benzene rings is 1. The van der Waals surface area contributed by atoms with Crippen LogP contribution in [0.3, 0.4) is 0 Å². The Balaban J connectivity index is 1.29. The molecule has 2 aromatic rings. The van der Waals surface area contributed by atoms with Crippen molar-refractivity contribution in [3.63, 3.8) is 0 Å². The van der Waals surface area contributed by atoms with E-state index in [9.17, 15) is 22.8 Å². The van der Waals surface area contributed by atoms with E-state index in [1.807, 2.05) is 25.1 Å². The monoisotopic (exact) mass is 658 g/mol. The standard InChI is InChI=1S/C32H39ClN4O7S/c1-3-43-27-17-26(22-10-8-11-25(33)28(22)34-27)44-20-15-23-24(16-20)30(39)37(2)14-7-5-4-6-9-19-18-32(19,35-29(23)38)31(40)36-45(41,42)21-12-13-21/h6,8-11,17,19-21,23-24H,3-5,7,12-16,18H2,1-2H3,(H,35,38)(H,36,40)/b9-6+. The second-order valence-corrected chi connectivity index (χ2v) is 15.0. The first kappa shape index (κ1) is 31.6. The molecule has 0 spiro atoms. The highest BCUT2D eigenvalue weighted by Gasteiger charge is 2.62. The van der Waals surface area contributed by atoms with Crippen molar-refractivity contribution in [1.29, 1.82) is 0 Å². The second kappa shape index (κ2) is 12.4. The van der Waals surface area contributed by atoms with E-state index in [0.717, 1.165) is 19.3 Å². The Hall–Kier alpha value is -3.38. The molecular formula is C32H39ClN4O7S. The van der Waals surface area contributed by atoms with Crippen LogP contribution in [0, 0.1) is 17.8 Å². The van der Waals surface area contributed by atoms with Gasteiger partial charge in [0, 0.05) is 31.0 Å². The number of amides is 3. The van der Waals surface area contributed by atoms with Gasteiger partial charge in [0.05, 0.1) is 34.2 Å². The molecule has 4 aliphatic rings. The largest absolute Gasteiger partial charge is 0.489 e. The van der Waals surface area contributed by atoms with Crippen LogP contribution in [-0.4, -0.2) is 73.1 Å². The van der Waals surface area contributed by atoms with Crippen molar-refractivity contribution in [3.05, 3.63) is 41.4 Å². The Labute approximate surface area is 268 Å². The predicted molar refractivity (Wildman–Crippen MR) is 168 cm³/mol. The summed E-state index contributed by atoms with van der Waals surface area (Å²) in [5.74, 6) is -2.32. The van der Waals surface area contributed by atoms with Crippen molar-refractivity contribution in [3.8, 4) is 11.6 Å². The van der Waals surface area contributed by atoms with Gasteiger partial charge in [-0.1, -0.05) is 29.8 Å². The number of nitrogens with one attached hydrogen (secondary N) is 2. The second-order valence-electron chi connectivity index (χ2n) is 12.6. The van der Waals surface area contributed by atoms with Crippen LogP contribution in [0.1, 0.15) is 58.3 Å². The van der Waals surface area contributed by atoms with E-state index in [2.05, 4.69) is 15.0 Å². The number of nitrogens with zero attached hydrogens (tertiary/aromatic N) is 2. The molecule has 3 fully saturated rings. The summed E-state index contributed by atoms with van der Waals surface area (Å²) in [5, 5.41) is 3.46. The number of allylic oxidation sites excluding steroid dienone is 1. The summed E-state index contributed by atoms with van der Waals surface area (Å²) in [6, 6.07) is 7.06. The van der Waals surface area contributed by atoms with Gasteiger partial charge in [-0.15, -0.1) is 0 Å². The van der Waals surface area contributed by atoms with Crippen molar-refractivity contribution < 1.29 is 32.3 Å². The van der Waals surface area contributed by atoms with Crippen LogP contribution in [0.5, 0.6) is 11.6 Å². The number of aromatic nitrogens is 1. The molecule has 0 radical (unpaired) electrons. The normalized spacial score (nSPS) is 29.6. The molecule has 5 unspecified atom stereocenters. The number of fused-ring (bicyclic) bond motifs is 3. The molecule has 0 saturated heterocycles. The summed E-state index contributed by atoms with van der Waals surface area (Å²) in [4.78, 5) is 47.5. The van der Waals surface area contributed by atoms with Crippen molar-refractivity contribution in [2.24, 2.45) is 17.8 Å². The smallest absolute Gasteiger partial charge is 0.259 e. The summed E-state index contributed by atoms with van der Waals surface area (Å²) in [6.07, 6.45) is 7.57. The maximum Gasteiger partial charge on any atom is 0.259 e. The maximum atomic E-state index is 14.0. The number of pyridine rings is 1. The minimum Gasteiger partial charge on any atom is -0.489 e. The molecule has 2 heterocycles. The summed E-state index contributed by atoms with van der Waals surface area (Å²) < 4.78 is 39.7. The fourth-order valence-corrected chi connectivity index (χ4v) is 8.13. The highest BCUT2D eigenvalue weighted by molar-refractivity contribution is 7.91. The topological polar surface area (TPSA) is 144 Å². The number of halogens is 1. The Morgan fingerprint density at radius 1 is 1.20 bits per heavy atom. The number of para-hydroxylation sites is 1. The molecule has 1 aliphatic heterocycles. The number of rotatable bonds is 7. The zero-order valence-electron chi connectivity index (χ0n) is 25.5. The van der Waals surface area contributed by atoms with Crippen LogP contribution in [0.15, 0.2) is 36.4 Å². The summed E-state index contributed by atoms with van der Waals surface area (Å²) in [5.41, 5.74) is -0.866. The van der Waals surface area contributed by atoms with E-state index in [1.165, 1.54) is 0 Å². The first-order chi connectivity index (χ1) is 21.5. The first-order valence-electron chi connectivity index (χ1n) is 15.7. The molecule has 5 atom stereocenters. The Morgan fingerprint density at radius 2 is 1.98 bits per heavy atom. The number of sulfonamides is 1. The molecule has 1 aromatic carbocycles. The highest BCUT2D eigenvalue weighted by atomic mass is 35.5. The Kier molecular flexibility index (Phi) is 8.73. The van der Waals surface area contributed by atoms with Crippen LogP contribution >= 0.6 is 11.6 Å². The van der Waals surface area contributed by atoms with E-state index in [4.69, 9.17) is 21.1 Å². The number of hydrogen-bond acceptors (Lipinski definition) is 8. The number of carbonyl (C=O) groups excluding carboxylic acids is 3. The van der Waals surface area contributed by atoms with Crippen molar-refractivity contribution >= 4 is 50.2 Å². The molecular weight excluding hydrogens is 620 g/mol. The fourth-order valence-electron chi connectivity index (χ4n) is 6.55. The molecule has 0 bridgehead atoms. The molecule has 6 rings (SSSR count). The molecule has 2 N–H and O–H groups in total. The SMILES string of the molecule is CCOc1cc(OC2CC3C(=O)NC4(C(=O)NS(=O)(=O)C5CC5)CC4/C=C/CCCCN(C)C(=O)C3C2)c2cccc(Cl)c2n1. The predicted octanol–water partition coefficient (Wildman–Crippen LogP) is 3.74. The van der Waals surface area contributed by atoms with Gasteiger partial charge in [0.15, 0.2) is 0 Å². The van der Waals surface area contributed by atoms with Gasteiger partial charge in [-0.25, -0.2) is 13.4 Å². The zero-order valence-corrected chi connectivity index (χ0v) is 27.0. The number of ether oxygens (including phenoxy) is 2. The van der Waals surface area contributed by atoms with E-state index >= 15 is 0 Å². The van der Waals surface area contributed by atoms with E-state index < -0.39 is 50.6 Å². The van der Waals surface area contributed by atoms with Crippen LogP contribution in [0.4, 0.5) is 0 Å². The minimum atomic E-state index is -3.81. The molecule has 11 nitrogen and oxygen atoms in total. The average Bonchev–Trinajstić information content (AvgIpc) is 3.92. The lowest BCUT2D eigenvalue weighted by atomic mass is 9.93. The average molecular weight is 659 g/mol. The summed E-state index contributed by atoms with van der Waals surface area (Å²) in [6.45, 7) is 2.80. The lowest BCUT2D eigenvalue weighted by molar-refractivity contribution is -0.140.